The van der Waals surface area contributed by atoms with Crippen LogP contribution in [0.3, 0.4) is 0 Å². The second-order valence-electron chi connectivity index (χ2n) is 7.73. The molecule has 158 valence electrons. The van der Waals surface area contributed by atoms with Crippen molar-refractivity contribution < 1.29 is 22.0 Å². The van der Waals surface area contributed by atoms with Crippen LogP contribution in [0.1, 0.15) is 50.0 Å². The van der Waals surface area contributed by atoms with Crippen LogP contribution in [0.25, 0.3) is 0 Å². The zero-order valence-corrected chi connectivity index (χ0v) is 17.7. The van der Waals surface area contributed by atoms with Gasteiger partial charge in [-0.05, 0) is 61.1 Å². The summed E-state index contributed by atoms with van der Waals surface area (Å²) in [5, 5.41) is 1.54. The molecule has 2 aromatic carbocycles. The molecule has 7 heteroatoms. The van der Waals surface area contributed by atoms with E-state index in [2.05, 4.69) is 19.2 Å². The second kappa shape index (κ2) is 9.96. The number of carbonyl (C=O) groups is 1. The first-order chi connectivity index (χ1) is 13.6. The SMILES string of the molecule is CC(C)CCC(C)NC(=O)CS(=O)(=O)C(c1ccc(F)cc1)c1ccc(F)cc1. The minimum Gasteiger partial charge on any atom is -0.353 e. The highest BCUT2D eigenvalue weighted by Gasteiger charge is 2.31. The lowest BCUT2D eigenvalue weighted by Crippen LogP contribution is -2.38. The lowest BCUT2D eigenvalue weighted by Gasteiger charge is -2.20. The quantitative estimate of drug-likeness (QED) is 0.650. The first-order valence-electron chi connectivity index (χ1n) is 9.60. The number of nitrogens with one attached hydrogen (secondary N) is 1. The van der Waals surface area contributed by atoms with Crippen LogP contribution in [0.15, 0.2) is 48.5 Å². The molecule has 0 bridgehead atoms. The Kier molecular flexibility index (Phi) is 7.90. The van der Waals surface area contributed by atoms with Crippen molar-refractivity contribution in [2.75, 3.05) is 5.75 Å². The minimum absolute atomic E-state index is 0.143. The van der Waals surface area contributed by atoms with Gasteiger partial charge >= 0.3 is 0 Å². The third-order valence-corrected chi connectivity index (χ3v) is 6.55. The molecule has 1 N–H and O–H groups in total. The zero-order valence-electron chi connectivity index (χ0n) is 16.9. The molecule has 0 radical (unpaired) electrons. The van der Waals surface area contributed by atoms with Gasteiger partial charge in [-0.1, -0.05) is 38.1 Å². The highest BCUT2D eigenvalue weighted by Crippen LogP contribution is 2.31. The van der Waals surface area contributed by atoms with Gasteiger partial charge in [-0.15, -0.1) is 0 Å². The van der Waals surface area contributed by atoms with Crippen LogP contribution in [0.4, 0.5) is 8.78 Å². The topological polar surface area (TPSA) is 63.2 Å². The fourth-order valence-corrected chi connectivity index (χ4v) is 4.88. The van der Waals surface area contributed by atoms with E-state index in [0.717, 1.165) is 37.1 Å². The lowest BCUT2D eigenvalue weighted by atomic mass is 10.0. The van der Waals surface area contributed by atoms with Crippen molar-refractivity contribution in [3.05, 3.63) is 71.3 Å². The summed E-state index contributed by atoms with van der Waals surface area (Å²) >= 11 is 0. The van der Waals surface area contributed by atoms with E-state index in [4.69, 9.17) is 0 Å². The Morgan fingerprint density at radius 1 is 0.862 bits per heavy atom. The summed E-state index contributed by atoms with van der Waals surface area (Å²) in [6.45, 7) is 5.99. The van der Waals surface area contributed by atoms with Crippen molar-refractivity contribution in [1.29, 1.82) is 0 Å². The molecular weight excluding hydrogens is 396 g/mol. The van der Waals surface area contributed by atoms with Gasteiger partial charge in [0.05, 0.1) is 0 Å². The van der Waals surface area contributed by atoms with E-state index in [1.807, 2.05) is 6.92 Å². The second-order valence-corrected chi connectivity index (χ2v) is 9.82. The van der Waals surface area contributed by atoms with E-state index in [1.165, 1.54) is 24.3 Å². The number of rotatable bonds is 9. The molecule has 0 aliphatic rings. The molecule has 1 atom stereocenters. The molecule has 0 aromatic heterocycles. The monoisotopic (exact) mass is 423 g/mol. The molecule has 2 aromatic rings. The average molecular weight is 424 g/mol. The van der Waals surface area contributed by atoms with Crippen LogP contribution >= 0.6 is 0 Å². The maximum Gasteiger partial charge on any atom is 0.235 e. The van der Waals surface area contributed by atoms with Crippen molar-refractivity contribution in [3.8, 4) is 0 Å². The number of amides is 1. The van der Waals surface area contributed by atoms with Crippen LogP contribution in [-0.2, 0) is 14.6 Å². The number of hydrogen-bond donors (Lipinski definition) is 1. The molecule has 0 heterocycles. The lowest BCUT2D eigenvalue weighted by molar-refractivity contribution is -0.119. The number of carbonyl (C=O) groups excluding carboxylic acids is 1. The summed E-state index contributed by atoms with van der Waals surface area (Å²) in [5.74, 6) is -1.81. The van der Waals surface area contributed by atoms with Crippen LogP contribution in [0.2, 0.25) is 0 Å². The fraction of sp³-hybridized carbons (Fsp3) is 0.409. The Labute approximate surface area is 171 Å². The van der Waals surface area contributed by atoms with Gasteiger partial charge in [0.1, 0.15) is 22.6 Å². The van der Waals surface area contributed by atoms with Crippen molar-refractivity contribution in [2.24, 2.45) is 5.92 Å². The third kappa shape index (κ3) is 6.92. The molecule has 0 fully saturated rings. The predicted molar refractivity (Wildman–Crippen MR) is 110 cm³/mol. The molecule has 4 nitrogen and oxygen atoms in total. The highest BCUT2D eigenvalue weighted by atomic mass is 32.2. The van der Waals surface area contributed by atoms with Crippen molar-refractivity contribution in [3.63, 3.8) is 0 Å². The van der Waals surface area contributed by atoms with Crippen LogP contribution < -0.4 is 5.32 Å². The Morgan fingerprint density at radius 2 is 1.31 bits per heavy atom. The van der Waals surface area contributed by atoms with E-state index in [-0.39, 0.29) is 6.04 Å². The van der Waals surface area contributed by atoms with Gasteiger partial charge < -0.3 is 5.32 Å². The highest BCUT2D eigenvalue weighted by molar-refractivity contribution is 7.92. The van der Waals surface area contributed by atoms with E-state index in [1.54, 1.807) is 0 Å². The van der Waals surface area contributed by atoms with Gasteiger partial charge in [0, 0.05) is 6.04 Å². The molecule has 0 saturated heterocycles. The van der Waals surface area contributed by atoms with Gasteiger partial charge in [-0.2, -0.15) is 0 Å². The largest absolute Gasteiger partial charge is 0.353 e. The van der Waals surface area contributed by atoms with E-state index >= 15 is 0 Å². The molecule has 1 unspecified atom stereocenters. The summed E-state index contributed by atoms with van der Waals surface area (Å²) in [5.41, 5.74) is 0.636. The molecule has 0 saturated carbocycles. The molecule has 0 aliphatic carbocycles. The molecular formula is C22H27F2NO3S. The van der Waals surface area contributed by atoms with E-state index in [0.29, 0.717) is 17.0 Å². The standard InChI is InChI=1S/C22H27F2NO3S/c1-15(2)4-5-16(3)25-21(26)14-29(27,28)22(17-6-10-19(23)11-7-17)18-8-12-20(24)13-9-18/h6-13,15-16,22H,4-5,14H2,1-3H3,(H,25,26). The summed E-state index contributed by atoms with van der Waals surface area (Å²) < 4.78 is 52.9. The number of halogens is 2. The smallest absolute Gasteiger partial charge is 0.235 e. The average Bonchev–Trinajstić information content (AvgIpc) is 2.62. The van der Waals surface area contributed by atoms with Crippen LogP contribution in [-0.4, -0.2) is 26.1 Å². The first-order valence-corrected chi connectivity index (χ1v) is 11.3. The normalized spacial score (nSPS) is 12.9. The van der Waals surface area contributed by atoms with Gasteiger partial charge in [-0.3, -0.25) is 4.79 Å². The summed E-state index contributed by atoms with van der Waals surface area (Å²) in [6, 6.07) is 9.97. The van der Waals surface area contributed by atoms with E-state index < -0.39 is 38.4 Å². The van der Waals surface area contributed by atoms with E-state index in [9.17, 15) is 22.0 Å². The molecule has 0 aliphatic heterocycles. The Bertz CT molecular complexity index is 865. The number of sulfone groups is 1. The minimum atomic E-state index is -3.99. The number of hydrogen-bond acceptors (Lipinski definition) is 3. The predicted octanol–water partition coefficient (Wildman–Crippen LogP) is 4.41. The summed E-state index contributed by atoms with van der Waals surface area (Å²) in [6.07, 6.45) is 1.67. The molecule has 29 heavy (non-hydrogen) atoms. The van der Waals surface area contributed by atoms with Crippen molar-refractivity contribution >= 4 is 15.7 Å². The maximum atomic E-state index is 13.3. The van der Waals surface area contributed by atoms with Crippen LogP contribution in [0.5, 0.6) is 0 Å². The Hall–Kier alpha value is -2.28. The van der Waals surface area contributed by atoms with Crippen molar-refractivity contribution in [1.82, 2.24) is 5.32 Å². The summed E-state index contributed by atoms with van der Waals surface area (Å²) in [7, 11) is -3.99. The zero-order chi connectivity index (χ0) is 21.6. The van der Waals surface area contributed by atoms with Gasteiger partial charge in [0.15, 0.2) is 9.84 Å². The van der Waals surface area contributed by atoms with Gasteiger partial charge in [0.2, 0.25) is 5.91 Å². The first kappa shape index (κ1) is 23.0. The van der Waals surface area contributed by atoms with Crippen molar-refractivity contribution in [2.45, 2.75) is 44.9 Å². The summed E-state index contributed by atoms with van der Waals surface area (Å²) in [4.78, 5) is 12.4. The Balaban J connectivity index is 2.25. The number of benzene rings is 2. The molecule has 1 amide bonds. The molecule has 2 rings (SSSR count). The fourth-order valence-electron chi connectivity index (χ4n) is 3.12. The molecule has 0 spiro atoms. The maximum absolute atomic E-state index is 13.3. The van der Waals surface area contributed by atoms with Crippen LogP contribution in [0, 0.1) is 17.6 Å². The van der Waals surface area contributed by atoms with Gasteiger partial charge in [0.25, 0.3) is 0 Å². The third-order valence-electron chi connectivity index (χ3n) is 4.62. The Morgan fingerprint density at radius 3 is 1.72 bits per heavy atom. The van der Waals surface area contributed by atoms with Gasteiger partial charge in [-0.25, -0.2) is 17.2 Å².